The standard InChI is InChI=1S/C12H20N2O/c1-9-4-3-5-11(10(9)2)12(8-13)14-6-7-15/h3-5,12,14-15H,6-8,13H2,1-2H3. The van der Waals surface area contributed by atoms with Gasteiger partial charge in [-0.1, -0.05) is 18.2 Å². The summed E-state index contributed by atoms with van der Waals surface area (Å²) in [6.07, 6.45) is 0. The van der Waals surface area contributed by atoms with E-state index in [9.17, 15) is 0 Å². The Balaban J connectivity index is 2.86. The van der Waals surface area contributed by atoms with Gasteiger partial charge in [-0.3, -0.25) is 0 Å². The zero-order chi connectivity index (χ0) is 11.3. The molecule has 84 valence electrons. The van der Waals surface area contributed by atoms with Crippen LogP contribution in [0.3, 0.4) is 0 Å². The monoisotopic (exact) mass is 208 g/mol. The molecule has 0 heterocycles. The van der Waals surface area contributed by atoms with E-state index in [4.69, 9.17) is 10.8 Å². The molecule has 1 atom stereocenters. The topological polar surface area (TPSA) is 58.3 Å². The number of benzene rings is 1. The summed E-state index contributed by atoms with van der Waals surface area (Å²) in [6.45, 7) is 5.47. The Labute approximate surface area is 91.3 Å². The lowest BCUT2D eigenvalue weighted by atomic mass is 9.97. The molecule has 1 aromatic carbocycles. The van der Waals surface area contributed by atoms with Crippen molar-refractivity contribution < 1.29 is 5.11 Å². The smallest absolute Gasteiger partial charge is 0.0556 e. The molecule has 0 amide bonds. The maximum Gasteiger partial charge on any atom is 0.0556 e. The Morgan fingerprint density at radius 1 is 1.40 bits per heavy atom. The lowest BCUT2D eigenvalue weighted by molar-refractivity contribution is 0.285. The van der Waals surface area contributed by atoms with E-state index in [0.717, 1.165) is 0 Å². The molecule has 0 bridgehead atoms. The fourth-order valence-corrected chi connectivity index (χ4v) is 1.71. The zero-order valence-electron chi connectivity index (χ0n) is 9.46. The quantitative estimate of drug-likeness (QED) is 0.673. The van der Waals surface area contributed by atoms with E-state index in [-0.39, 0.29) is 12.6 Å². The van der Waals surface area contributed by atoms with Crippen LogP contribution in [0, 0.1) is 13.8 Å². The third-order valence-electron chi connectivity index (χ3n) is 2.76. The molecule has 0 aromatic heterocycles. The van der Waals surface area contributed by atoms with Gasteiger partial charge in [-0.2, -0.15) is 0 Å². The van der Waals surface area contributed by atoms with E-state index in [1.54, 1.807) is 0 Å². The summed E-state index contributed by atoms with van der Waals surface area (Å²) in [5.74, 6) is 0. The van der Waals surface area contributed by atoms with Crippen molar-refractivity contribution in [1.29, 1.82) is 0 Å². The van der Waals surface area contributed by atoms with Gasteiger partial charge in [-0.25, -0.2) is 0 Å². The predicted molar refractivity (Wildman–Crippen MR) is 62.8 cm³/mol. The van der Waals surface area contributed by atoms with Gasteiger partial charge >= 0.3 is 0 Å². The molecule has 3 nitrogen and oxygen atoms in total. The van der Waals surface area contributed by atoms with Crippen LogP contribution in [-0.2, 0) is 0 Å². The highest BCUT2D eigenvalue weighted by atomic mass is 16.3. The maximum absolute atomic E-state index is 8.78. The summed E-state index contributed by atoms with van der Waals surface area (Å²) in [4.78, 5) is 0. The average Bonchev–Trinajstić information content (AvgIpc) is 2.25. The molecule has 4 N–H and O–H groups in total. The van der Waals surface area contributed by atoms with Crippen LogP contribution in [0.15, 0.2) is 18.2 Å². The summed E-state index contributed by atoms with van der Waals surface area (Å²) in [7, 11) is 0. The second-order valence-electron chi connectivity index (χ2n) is 3.76. The third kappa shape index (κ3) is 3.02. The summed E-state index contributed by atoms with van der Waals surface area (Å²) in [5, 5.41) is 12.0. The van der Waals surface area contributed by atoms with Gasteiger partial charge in [0.05, 0.1) is 6.61 Å². The summed E-state index contributed by atoms with van der Waals surface area (Å²) < 4.78 is 0. The number of aryl methyl sites for hydroxylation is 1. The van der Waals surface area contributed by atoms with E-state index in [2.05, 4.69) is 31.3 Å². The molecule has 0 saturated carbocycles. The van der Waals surface area contributed by atoms with Gasteiger partial charge in [0.15, 0.2) is 0 Å². The van der Waals surface area contributed by atoms with E-state index in [1.807, 2.05) is 6.07 Å². The van der Waals surface area contributed by atoms with Gasteiger partial charge < -0.3 is 16.2 Å². The number of rotatable bonds is 5. The Hall–Kier alpha value is -0.900. The minimum atomic E-state index is 0.136. The normalized spacial score (nSPS) is 12.8. The highest BCUT2D eigenvalue weighted by Gasteiger charge is 2.11. The van der Waals surface area contributed by atoms with Crippen LogP contribution in [0.4, 0.5) is 0 Å². The first-order valence-corrected chi connectivity index (χ1v) is 5.31. The van der Waals surface area contributed by atoms with Crippen molar-refractivity contribution in [2.45, 2.75) is 19.9 Å². The molecule has 1 aromatic rings. The van der Waals surface area contributed by atoms with Crippen LogP contribution in [0.25, 0.3) is 0 Å². The average molecular weight is 208 g/mol. The molecule has 15 heavy (non-hydrogen) atoms. The molecular formula is C12H20N2O. The van der Waals surface area contributed by atoms with Crippen molar-refractivity contribution in [2.24, 2.45) is 5.73 Å². The van der Waals surface area contributed by atoms with Crippen LogP contribution in [0.2, 0.25) is 0 Å². The predicted octanol–water partition coefficient (Wildman–Crippen LogP) is 0.885. The van der Waals surface area contributed by atoms with Crippen molar-refractivity contribution in [3.8, 4) is 0 Å². The molecule has 0 spiro atoms. The molecule has 0 fully saturated rings. The molecule has 0 radical (unpaired) electrons. The minimum Gasteiger partial charge on any atom is -0.395 e. The summed E-state index contributed by atoms with van der Waals surface area (Å²) in [6, 6.07) is 6.36. The molecule has 0 saturated heterocycles. The fraction of sp³-hybridized carbons (Fsp3) is 0.500. The lowest BCUT2D eigenvalue weighted by Crippen LogP contribution is -2.31. The first-order chi connectivity index (χ1) is 7.20. The zero-order valence-corrected chi connectivity index (χ0v) is 9.46. The Morgan fingerprint density at radius 3 is 2.73 bits per heavy atom. The van der Waals surface area contributed by atoms with Crippen LogP contribution in [0.1, 0.15) is 22.7 Å². The highest BCUT2D eigenvalue weighted by molar-refractivity contribution is 5.35. The Bertz CT molecular complexity index is 312. The molecule has 0 aliphatic carbocycles. The third-order valence-corrected chi connectivity index (χ3v) is 2.76. The van der Waals surface area contributed by atoms with Crippen LogP contribution < -0.4 is 11.1 Å². The van der Waals surface area contributed by atoms with Crippen molar-refractivity contribution in [3.63, 3.8) is 0 Å². The second kappa shape index (κ2) is 5.85. The molecule has 3 heteroatoms. The Morgan fingerprint density at radius 2 is 2.13 bits per heavy atom. The van der Waals surface area contributed by atoms with Crippen molar-refractivity contribution >= 4 is 0 Å². The SMILES string of the molecule is Cc1cccc(C(CN)NCCO)c1C. The van der Waals surface area contributed by atoms with Gasteiger partial charge in [0, 0.05) is 19.1 Å². The largest absolute Gasteiger partial charge is 0.395 e. The fourth-order valence-electron chi connectivity index (χ4n) is 1.71. The van der Waals surface area contributed by atoms with Crippen molar-refractivity contribution in [2.75, 3.05) is 19.7 Å². The van der Waals surface area contributed by atoms with E-state index >= 15 is 0 Å². The highest BCUT2D eigenvalue weighted by Crippen LogP contribution is 2.19. The summed E-state index contributed by atoms with van der Waals surface area (Å²) >= 11 is 0. The van der Waals surface area contributed by atoms with Crippen molar-refractivity contribution in [1.82, 2.24) is 5.32 Å². The first-order valence-electron chi connectivity index (χ1n) is 5.31. The number of nitrogens with one attached hydrogen (secondary N) is 1. The number of aliphatic hydroxyl groups is 1. The van der Waals surface area contributed by atoms with Gasteiger partial charge in [0.25, 0.3) is 0 Å². The van der Waals surface area contributed by atoms with Crippen molar-refractivity contribution in [3.05, 3.63) is 34.9 Å². The molecule has 0 aliphatic heterocycles. The number of nitrogens with two attached hydrogens (primary N) is 1. The van der Waals surface area contributed by atoms with Gasteiger partial charge in [-0.05, 0) is 30.5 Å². The molecule has 1 rings (SSSR count). The minimum absolute atomic E-state index is 0.136. The van der Waals surface area contributed by atoms with Crippen LogP contribution >= 0.6 is 0 Å². The second-order valence-corrected chi connectivity index (χ2v) is 3.76. The lowest BCUT2D eigenvalue weighted by Gasteiger charge is -2.19. The van der Waals surface area contributed by atoms with E-state index in [1.165, 1.54) is 16.7 Å². The number of aliphatic hydroxyl groups excluding tert-OH is 1. The summed E-state index contributed by atoms with van der Waals surface area (Å²) in [5.41, 5.74) is 9.50. The van der Waals surface area contributed by atoms with Gasteiger partial charge in [-0.15, -0.1) is 0 Å². The molecule has 0 aliphatic rings. The maximum atomic E-state index is 8.78. The Kier molecular flexibility index (Phi) is 4.75. The van der Waals surface area contributed by atoms with E-state index < -0.39 is 0 Å². The van der Waals surface area contributed by atoms with Gasteiger partial charge in [0.1, 0.15) is 0 Å². The van der Waals surface area contributed by atoms with E-state index in [0.29, 0.717) is 13.1 Å². The number of hydrogen-bond acceptors (Lipinski definition) is 3. The number of hydrogen-bond donors (Lipinski definition) is 3. The molecular weight excluding hydrogens is 188 g/mol. The van der Waals surface area contributed by atoms with Crippen LogP contribution in [-0.4, -0.2) is 24.8 Å². The molecule has 1 unspecified atom stereocenters. The first kappa shape index (κ1) is 12.2. The van der Waals surface area contributed by atoms with Gasteiger partial charge in [0.2, 0.25) is 0 Å². The van der Waals surface area contributed by atoms with Crippen LogP contribution in [0.5, 0.6) is 0 Å².